The van der Waals surface area contributed by atoms with Crippen LogP contribution in [0.25, 0.3) is 0 Å². The number of aryl methyl sites for hydroxylation is 1. The Morgan fingerprint density at radius 1 is 1.50 bits per heavy atom. The van der Waals surface area contributed by atoms with Gasteiger partial charge in [0.25, 0.3) is 5.91 Å². The molecule has 0 N–H and O–H groups in total. The molecular formula is C14H21ClN2O3. The molecule has 0 aliphatic heterocycles. The number of amides is 1. The zero-order valence-electron chi connectivity index (χ0n) is 12.4. The summed E-state index contributed by atoms with van der Waals surface area (Å²) < 4.78 is 6.50. The monoisotopic (exact) mass is 300 g/mol. The average Bonchev–Trinajstić information content (AvgIpc) is 2.78. The molecule has 1 unspecified atom stereocenters. The molecule has 0 aliphatic carbocycles. The van der Waals surface area contributed by atoms with Crippen LogP contribution >= 0.6 is 11.6 Å². The van der Waals surface area contributed by atoms with Crippen LogP contribution in [-0.4, -0.2) is 42.0 Å². The summed E-state index contributed by atoms with van der Waals surface area (Å²) in [5.41, 5.74) is 0.538. The topological polar surface area (TPSA) is 51.5 Å². The van der Waals surface area contributed by atoms with Crippen LogP contribution in [0.3, 0.4) is 0 Å². The first-order valence-corrected chi connectivity index (χ1v) is 6.97. The highest BCUT2D eigenvalue weighted by molar-refractivity contribution is 6.31. The van der Waals surface area contributed by atoms with Gasteiger partial charge in [-0.2, -0.15) is 0 Å². The highest BCUT2D eigenvalue weighted by Crippen LogP contribution is 2.17. The SMILES string of the molecule is CCCn1cc(Cl)cc1C(=O)N(C)CC(C)C(=O)OC. The molecule has 0 fully saturated rings. The zero-order valence-corrected chi connectivity index (χ0v) is 13.1. The fourth-order valence-electron chi connectivity index (χ4n) is 2.04. The Morgan fingerprint density at radius 2 is 2.15 bits per heavy atom. The van der Waals surface area contributed by atoms with Crippen LogP contribution in [0.4, 0.5) is 0 Å². The van der Waals surface area contributed by atoms with E-state index in [0.717, 1.165) is 13.0 Å². The van der Waals surface area contributed by atoms with Crippen LogP contribution in [0.5, 0.6) is 0 Å². The minimum Gasteiger partial charge on any atom is -0.469 e. The molecule has 1 amide bonds. The van der Waals surface area contributed by atoms with Gasteiger partial charge in [0.2, 0.25) is 0 Å². The van der Waals surface area contributed by atoms with Crippen molar-refractivity contribution in [1.82, 2.24) is 9.47 Å². The van der Waals surface area contributed by atoms with Gasteiger partial charge < -0.3 is 14.2 Å². The summed E-state index contributed by atoms with van der Waals surface area (Å²) in [6.45, 7) is 4.80. The number of esters is 1. The number of carbonyl (C=O) groups excluding carboxylic acids is 2. The van der Waals surface area contributed by atoms with Crippen molar-refractivity contribution in [2.24, 2.45) is 5.92 Å². The van der Waals surface area contributed by atoms with Gasteiger partial charge in [0, 0.05) is 26.3 Å². The molecule has 0 aromatic carbocycles. The normalized spacial score (nSPS) is 12.1. The van der Waals surface area contributed by atoms with Gasteiger partial charge in [-0.3, -0.25) is 9.59 Å². The molecule has 0 saturated carbocycles. The molecule has 1 atom stereocenters. The van der Waals surface area contributed by atoms with Gasteiger partial charge in [-0.15, -0.1) is 0 Å². The molecule has 112 valence electrons. The fraction of sp³-hybridized carbons (Fsp3) is 0.571. The van der Waals surface area contributed by atoms with Crippen molar-refractivity contribution < 1.29 is 14.3 Å². The van der Waals surface area contributed by atoms with Crippen molar-refractivity contribution in [2.45, 2.75) is 26.8 Å². The minimum absolute atomic E-state index is 0.152. The maximum Gasteiger partial charge on any atom is 0.310 e. The van der Waals surface area contributed by atoms with Crippen LogP contribution in [0.1, 0.15) is 30.8 Å². The van der Waals surface area contributed by atoms with Crippen LogP contribution in [0, 0.1) is 5.92 Å². The Kier molecular flexibility index (Phi) is 6.07. The number of carbonyl (C=O) groups is 2. The smallest absolute Gasteiger partial charge is 0.310 e. The van der Waals surface area contributed by atoms with Crippen molar-refractivity contribution in [1.29, 1.82) is 0 Å². The second-order valence-corrected chi connectivity index (χ2v) is 5.28. The second-order valence-electron chi connectivity index (χ2n) is 4.85. The summed E-state index contributed by atoms with van der Waals surface area (Å²) in [6.07, 6.45) is 2.66. The molecular weight excluding hydrogens is 280 g/mol. The molecule has 6 heteroatoms. The lowest BCUT2D eigenvalue weighted by molar-refractivity contribution is -0.145. The van der Waals surface area contributed by atoms with Gasteiger partial charge in [-0.25, -0.2) is 0 Å². The lowest BCUT2D eigenvalue weighted by Gasteiger charge is -2.21. The van der Waals surface area contributed by atoms with Gasteiger partial charge in [-0.1, -0.05) is 25.4 Å². The quantitative estimate of drug-likeness (QED) is 0.758. The number of hydrogen-bond acceptors (Lipinski definition) is 3. The molecule has 1 aromatic rings. The molecule has 20 heavy (non-hydrogen) atoms. The maximum absolute atomic E-state index is 12.4. The Balaban J connectivity index is 2.81. The number of methoxy groups -OCH3 is 1. The standard InChI is InChI=1S/C14H21ClN2O3/c1-5-6-17-9-11(15)7-12(17)13(18)16(3)8-10(2)14(19)20-4/h7,9-10H,5-6,8H2,1-4H3. The van der Waals surface area contributed by atoms with Crippen molar-refractivity contribution in [2.75, 3.05) is 20.7 Å². The number of nitrogens with zero attached hydrogens (tertiary/aromatic N) is 2. The highest BCUT2D eigenvalue weighted by Gasteiger charge is 2.22. The molecule has 0 radical (unpaired) electrons. The van der Waals surface area contributed by atoms with E-state index in [2.05, 4.69) is 4.74 Å². The number of rotatable bonds is 6. The number of hydrogen-bond donors (Lipinski definition) is 0. The first-order valence-electron chi connectivity index (χ1n) is 6.59. The van der Waals surface area contributed by atoms with Crippen molar-refractivity contribution in [3.8, 4) is 0 Å². The van der Waals surface area contributed by atoms with Crippen molar-refractivity contribution in [3.05, 3.63) is 23.0 Å². The largest absolute Gasteiger partial charge is 0.469 e. The van der Waals surface area contributed by atoms with Crippen LogP contribution in [0.2, 0.25) is 5.02 Å². The molecule has 1 heterocycles. The molecule has 5 nitrogen and oxygen atoms in total. The summed E-state index contributed by atoms with van der Waals surface area (Å²) in [4.78, 5) is 25.3. The van der Waals surface area contributed by atoms with Crippen molar-refractivity contribution in [3.63, 3.8) is 0 Å². The Morgan fingerprint density at radius 3 is 2.70 bits per heavy atom. The predicted octanol–water partition coefficient (Wildman–Crippen LogP) is 2.43. The number of aromatic nitrogens is 1. The summed E-state index contributed by atoms with van der Waals surface area (Å²) in [6, 6.07) is 1.65. The molecule has 0 bridgehead atoms. The predicted molar refractivity (Wildman–Crippen MR) is 77.9 cm³/mol. The Hall–Kier alpha value is -1.49. The van der Waals surface area contributed by atoms with Crippen LogP contribution in [-0.2, 0) is 16.1 Å². The van der Waals surface area contributed by atoms with Gasteiger partial charge in [0.1, 0.15) is 5.69 Å². The summed E-state index contributed by atoms with van der Waals surface area (Å²) in [5, 5.41) is 0.538. The van der Waals surface area contributed by atoms with E-state index in [-0.39, 0.29) is 17.8 Å². The van der Waals surface area contributed by atoms with Gasteiger partial charge in [-0.05, 0) is 12.5 Å². The Labute approximate surface area is 124 Å². The molecule has 0 aliphatic rings. The molecule has 0 spiro atoms. The molecule has 1 rings (SSSR count). The van der Waals surface area contributed by atoms with Gasteiger partial charge >= 0.3 is 5.97 Å². The number of ether oxygens (including phenoxy) is 1. The third kappa shape index (κ3) is 4.00. The lowest BCUT2D eigenvalue weighted by Crippen LogP contribution is -2.35. The first kappa shape index (κ1) is 16.6. The van der Waals surface area contributed by atoms with E-state index < -0.39 is 0 Å². The molecule has 1 aromatic heterocycles. The fourth-order valence-corrected chi connectivity index (χ4v) is 2.27. The van der Waals surface area contributed by atoms with E-state index in [1.807, 2.05) is 11.5 Å². The first-order chi connectivity index (χ1) is 9.40. The number of halogens is 1. The Bertz CT molecular complexity index is 485. The summed E-state index contributed by atoms with van der Waals surface area (Å²) >= 11 is 5.96. The summed E-state index contributed by atoms with van der Waals surface area (Å²) in [7, 11) is 3.01. The third-order valence-electron chi connectivity index (χ3n) is 3.04. The average molecular weight is 301 g/mol. The zero-order chi connectivity index (χ0) is 15.3. The van der Waals surface area contributed by atoms with Gasteiger partial charge in [0.15, 0.2) is 0 Å². The molecule has 0 saturated heterocycles. The van der Waals surface area contributed by atoms with Crippen LogP contribution < -0.4 is 0 Å². The van der Waals surface area contributed by atoms with E-state index >= 15 is 0 Å². The van der Waals surface area contributed by atoms with E-state index in [0.29, 0.717) is 17.3 Å². The minimum atomic E-state index is -0.362. The van der Waals surface area contributed by atoms with Crippen LogP contribution in [0.15, 0.2) is 12.3 Å². The highest BCUT2D eigenvalue weighted by atomic mass is 35.5. The lowest BCUT2D eigenvalue weighted by atomic mass is 10.1. The van der Waals surface area contributed by atoms with E-state index in [4.69, 9.17) is 11.6 Å². The van der Waals surface area contributed by atoms with Gasteiger partial charge in [0.05, 0.1) is 18.1 Å². The van der Waals surface area contributed by atoms with E-state index in [9.17, 15) is 9.59 Å². The second kappa shape index (κ2) is 7.33. The van der Waals surface area contributed by atoms with E-state index in [1.54, 1.807) is 26.2 Å². The maximum atomic E-state index is 12.4. The third-order valence-corrected chi connectivity index (χ3v) is 3.25. The van der Waals surface area contributed by atoms with Crippen molar-refractivity contribution >= 4 is 23.5 Å². The van der Waals surface area contributed by atoms with E-state index in [1.165, 1.54) is 12.0 Å². The summed E-state index contributed by atoms with van der Waals surface area (Å²) in [5.74, 6) is -0.841.